The summed E-state index contributed by atoms with van der Waals surface area (Å²) in [6.07, 6.45) is 1.84. The molecular weight excluding hydrogens is 973 g/mol. The molecule has 0 radical (unpaired) electrons. The molecule has 0 bridgehead atoms. The highest BCUT2D eigenvalue weighted by molar-refractivity contribution is 7.21. The van der Waals surface area contributed by atoms with Crippen LogP contribution in [0.4, 0.5) is 0 Å². The number of fused-ring (bicyclic) bond motifs is 6. The number of hydrogen-bond acceptors (Lipinski definition) is 0. The molecule has 12 aromatic carbocycles. The lowest BCUT2D eigenvalue weighted by Gasteiger charge is -2.35. The van der Waals surface area contributed by atoms with Gasteiger partial charge in [0.1, 0.15) is 0 Å². The van der Waals surface area contributed by atoms with Crippen LogP contribution in [0.25, 0.3) is 22.3 Å². The highest BCUT2D eigenvalue weighted by Gasteiger charge is 2.46. The lowest BCUT2D eigenvalue weighted by Crippen LogP contribution is -2.75. The van der Waals surface area contributed by atoms with Gasteiger partial charge in [0, 0.05) is 0 Å². The first-order valence-corrected chi connectivity index (χ1v) is 33.2. The van der Waals surface area contributed by atoms with Crippen molar-refractivity contribution in [1.29, 1.82) is 0 Å². The molecule has 77 heavy (non-hydrogen) atoms. The summed E-state index contributed by atoms with van der Waals surface area (Å²) in [6, 6.07) is 121. The maximum absolute atomic E-state index is 3.03. The van der Waals surface area contributed by atoms with Gasteiger partial charge in [0.2, 0.25) is 0 Å². The molecule has 0 fully saturated rings. The van der Waals surface area contributed by atoms with Crippen molar-refractivity contribution in [3.63, 3.8) is 0 Å². The minimum Gasteiger partial charge on any atom is -0.0623 e. The molecule has 0 N–H and O–H groups in total. The normalized spacial score (nSPS) is 12.6. The zero-order chi connectivity index (χ0) is 51.2. The molecule has 0 spiro atoms. The average molecular weight is 1030 g/mol. The first-order chi connectivity index (χ1) is 38.2. The molecule has 0 saturated carbocycles. The quantitative estimate of drug-likeness (QED) is 0.0848. The molecule has 3 heteroatoms. The molecule has 2 aliphatic rings. The van der Waals surface area contributed by atoms with Crippen molar-refractivity contribution in [1.82, 2.24) is 0 Å². The SMILES string of the molecule is c1ccc([Si](c2ccccc2)(c2ccccc2)c2ccc3c(c2)-c2cc([Si](c4ccccc4)(c4ccccc4)c4ccc5c(c4)-c4cc([Si](c6ccccc6)(c6ccccc6)c6ccccc6)ccc4C5)ccc2C3)cc1. The van der Waals surface area contributed by atoms with Gasteiger partial charge in [-0.15, -0.1) is 0 Å². The number of rotatable bonds is 12. The summed E-state index contributed by atoms with van der Waals surface area (Å²) in [6.45, 7) is 0. The summed E-state index contributed by atoms with van der Waals surface area (Å²) >= 11 is 0. The van der Waals surface area contributed by atoms with Gasteiger partial charge in [0.15, 0.2) is 24.2 Å². The van der Waals surface area contributed by atoms with Crippen molar-refractivity contribution in [3.8, 4) is 22.3 Å². The van der Waals surface area contributed by atoms with Gasteiger partial charge in [-0.05, 0) is 120 Å². The van der Waals surface area contributed by atoms with Crippen LogP contribution in [0.2, 0.25) is 0 Å². The van der Waals surface area contributed by atoms with Gasteiger partial charge in [-0.25, -0.2) is 0 Å². The standard InChI is InChI=1S/C74H56Si3/c1-9-25-59(26-10-1)75(60-27-11-2-12-28-60,61-29-13-3-14-30-61)67-45-41-55-49-57-43-47-69(53-73(57)71(55)51-67)77(65-37-21-7-22-38-65,66-39-23-8-24-40-66)70-48-44-58-50-56-42-46-68(52-72(56)74(58)54-70)76(62-31-15-4-16-32-62,63-33-17-5-18-34-63)64-35-19-6-20-36-64/h1-48,51-54H,49-50H2. The van der Waals surface area contributed by atoms with E-state index in [2.05, 4.69) is 315 Å². The summed E-state index contributed by atoms with van der Waals surface area (Å²) in [4.78, 5) is 0. The molecule has 12 aromatic rings. The van der Waals surface area contributed by atoms with Crippen molar-refractivity contribution in [2.24, 2.45) is 0 Å². The highest BCUT2D eigenvalue weighted by atomic mass is 28.3. The zero-order valence-corrected chi connectivity index (χ0v) is 45.9. The maximum atomic E-state index is 2.63. The third-order valence-corrected chi connectivity index (χ3v) is 31.5. The fourth-order valence-corrected chi connectivity index (χ4v) is 28.1. The predicted molar refractivity (Wildman–Crippen MR) is 334 cm³/mol. The van der Waals surface area contributed by atoms with Crippen molar-refractivity contribution in [2.45, 2.75) is 12.8 Å². The first-order valence-electron chi connectivity index (χ1n) is 27.2. The van der Waals surface area contributed by atoms with Crippen LogP contribution in [-0.2, 0) is 12.8 Å². The van der Waals surface area contributed by atoms with Gasteiger partial charge in [-0.3, -0.25) is 0 Å². The van der Waals surface area contributed by atoms with Gasteiger partial charge >= 0.3 is 0 Å². The van der Waals surface area contributed by atoms with Gasteiger partial charge in [-0.2, -0.15) is 0 Å². The largest absolute Gasteiger partial charge is 0.179 e. The highest BCUT2D eigenvalue weighted by Crippen LogP contribution is 2.38. The van der Waals surface area contributed by atoms with Crippen LogP contribution in [0.3, 0.4) is 0 Å². The first kappa shape index (κ1) is 46.8. The van der Waals surface area contributed by atoms with E-state index in [1.807, 2.05) is 0 Å². The molecule has 0 aliphatic heterocycles. The van der Waals surface area contributed by atoms with Crippen molar-refractivity contribution >= 4 is 86.5 Å². The topological polar surface area (TPSA) is 0 Å². The summed E-state index contributed by atoms with van der Waals surface area (Å²) in [5, 5.41) is 16.7. The average Bonchev–Trinajstić information content (AvgIpc) is 4.20. The molecule has 364 valence electrons. The van der Waals surface area contributed by atoms with Crippen molar-refractivity contribution in [2.75, 3.05) is 0 Å². The van der Waals surface area contributed by atoms with Crippen LogP contribution in [0.1, 0.15) is 22.3 Å². The van der Waals surface area contributed by atoms with Crippen LogP contribution in [0, 0.1) is 0 Å². The smallest absolute Gasteiger partial charge is 0.0623 e. The fourth-order valence-electron chi connectivity index (χ4n) is 13.8. The number of benzene rings is 12. The third-order valence-electron chi connectivity index (χ3n) is 17.2. The Morgan fingerprint density at radius 2 is 0.312 bits per heavy atom. The fraction of sp³-hybridized carbons (Fsp3) is 0.0270. The maximum Gasteiger partial charge on any atom is 0.179 e. The van der Waals surface area contributed by atoms with Crippen LogP contribution in [0.15, 0.2) is 315 Å². The molecule has 0 unspecified atom stereocenters. The Kier molecular flexibility index (Phi) is 11.8. The molecule has 0 saturated heterocycles. The van der Waals surface area contributed by atoms with Crippen LogP contribution < -0.4 is 62.2 Å². The zero-order valence-electron chi connectivity index (χ0n) is 42.9. The molecule has 0 nitrogen and oxygen atoms in total. The van der Waals surface area contributed by atoms with Gasteiger partial charge < -0.3 is 0 Å². The van der Waals surface area contributed by atoms with E-state index in [-0.39, 0.29) is 0 Å². The summed E-state index contributed by atoms with van der Waals surface area (Å²) in [5.41, 5.74) is 11.0. The van der Waals surface area contributed by atoms with E-state index in [0.717, 1.165) is 12.8 Å². The molecule has 14 rings (SSSR count). The Hall–Kier alpha value is -8.71. The van der Waals surface area contributed by atoms with Crippen molar-refractivity contribution in [3.05, 3.63) is 338 Å². The Morgan fingerprint density at radius 3 is 0.481 bits per heavy atom. The molecule has 0 heterocycles. The minimum atomic E-state index is -3.03. The second-order valence-electron chi connectivity index (χ2n) is 21.0. The Labute approximate surface area is 456 Å². The van der Waals surface area contributed by atoms with E-state index in [1.165, 1.54) is 107 Å². The summed E-state index contributed by atoms with van der Waals surface area (Å²) in [5.74, 6) is 0. The molecule has 2 aliphatic carbocycles. The second-order valence-corrected chi connectivity index (χ2v) is 32.4. The van der Waals surface area contributed by atoms with E-state index in [1.54, 1.807) is 0 Å². The Balaban J connectivity index is 0.980. The predicted octanol–water partition coefficient (Wildman–Crippen LogP) is 8.96. The van der Waals surface area contributed by atoms with Gasteiger partial charge in [0.25, 0.3) is 0 Å². The monoisotopic (exact) mass is 1030 g/mol. The summed E-state index contributed by atoms with van der Waals surface area (Å²) in [7, 11) is -8.58. The second kappa shape index (κ2) is 19.5. The van der Waals surface area contributed by atoms with E-state index >= 15 is 0 Å². The summed E-state index contributed by atoms with van der Waals surface area (Å²) < 4.78 is 0. The van der Waals surface area contributed by atoms with Gasteiger partial charge in [-0.1, -0.05) is 315 Å². The molecule has 0 aromatic heterocycles. The minimum absolute atomic E-state index is 0.921. The van der Waals surface area contributed by atoms with E-state index < -0.39 is 24.2 Å². The van der Waals surface area contributed by atoms with Crippen LogP contribution in [0.5, 0.6) is 0 Å². The number of hydrogen-bond donors (Lipinski definition) is 0. The van der Waals surface area contributed by atoms with Gasteiger partial charge in [0.05, 0.1) is 0 Å². The van der Waals surface area contributed by atoms with Crippen molar-refractivity contribution < 1.29 is 0 Å². The van der Waals surface area contributed by atoms with E-state index in [9.17, 15) is 0 Å². The molecular formula is C74H56Si3. The van der Waals surface area contributed by atoms with E-state index in [4.69, 9.17) is 0 Å². The van der Waals surface area contributed by atoms with Crippen LogP contribution >= 0.6 is 0 Å². The Morgan fingerprint density at radius 1 is 0.156 bits per heavy atom. The molecule has 0 atom stereocenters. The lowest BCUT2D eigenvalue weighted by molar-refractivity contribution is 1.27. The van der Waals surface area contributed by atoms with E-state index in [0.29, 0.717) is 0 Å². The van der Waals surface area contributed by atoms with Crippen LogP contribution in [-0.4, -0.2) is 24.2 Å². The Bertz CT molecular complexity index is 3590. The molecule has 0 amide bonds. The third kappa shape index (κ3) is 7.52. The lowest BCUT2D eigenvalue weighted by atomic mass is 10.1.